The number of aryl methyl sites for hydroxylation is 1. The maximum atomic E-state index is 14.0. The molecule has 3 aliphatic carbocycles. The van der Waals surface area contributed by atoms with Gasteiger partial charge in [-0.2, -0.15) is 0 Å². The van der Waals surface area contributed by atoms with Crippen LogP contribution in [-0.4, -0.2) is 30.2 Å². The first-order valence-electron chi connectivity index (χ1n) is 14.7. The van der Waals surface area contributed by atoms with Gasteiger partial charge in [0.15, 0.2) is 0 Å². The van der Waals surface area contributed by atoms with E-state index in [9.17, 15) is 19.2 Å². The Morgan fingerprint density at radius 3 is 1.74 bits per heavy atom. The van der Waals surface area contributed by atoms with Gasteiger partial charge in [-0.1, -0.05) is 66.7 Å². The van der Waals surface area contributed by atoms with E-state index in [4.69, 9.17) is 4.74 Å². The molecule has 212 valence electrons. The number of hydrogen-bond donors (Lipinski definition) is 0. The summed E-state index contributed by atoms with van der Waals surface area (Å²) in [4.78, 5) is 56.6. The summed E-state index contributed by atoms with van der Waals surface area (Å²) in [6, 6.07) is 30.4. The van der Waals surface area contributed by atoms with Gasteiger partial charge in [0.05, 0.1) is 23.4 Å². The zero-order valence-corrected chi connectivity index (χ0v) is 23.5. The van der Waals surface area contributed by atoms with E-state index in [1.807, 2.05) is 55.5 Å². The topological polar surface area (TPSA) is 84.0 Å². The minimum Gasteiger partial charge on any atom is -0.426 e. The highest BCUT2D eigenvalue weighted by Gasteiger charge is 2.61. The fraction of sp³-hybridized carbons (Fsp3) is 0.222. The van der Waals surface area contributed by atoms with Crippen LogP contribution < -0.4 is 14.5 Å². The van der Waals surface area contributed by atoms with Crippen LogP contribution in [0.4, 0.5) is 11.4 Å². The molecule has 0 unspecified atom stereocenters. The Kier molecular flexibility index (Phi) is 5.66. The number of carbonyl (C=O) groups excluding carboxylic acids is 4. The Hall–Kier alpha value is -5.04. The molecular formula is C36H28N2O5. The number of rotatable bonds is 4. The normalized spacial score (nSPS) is 25.0. The van der Waals surface area contributed by atoms with E-state index in [-0.39, 0.29) is 42.5 Å². The highest BCUT2D eigenvalue weighted by Crippen LogP contribution is 2.61. The quantitative estimate of drug-likeness (QED) is 0.188. The number of benzene rings is 4. The molecule has 3 atom stereocenters. The van der Waals surface area contributed by atoms with Crippen LogP contribution in [0.15, 0.2) is 97.1 Å². The molecule has 0 spiro atoms. The summed E-state index contributed by atoms with van der Waals surface area (Å²) in [6.45, 7) is 2.19. The second-order valence-corrected chi connectivity index (χ2v) is 11.9. The van der Waals surface area contributed by atoms with Crippen molar-refractivity contribution >= 4 is 35.1 Å². The Bertz CT molecular complexity index is 1730. The van der Waals surface area contributed by atoms with E-state index >= 15 is 0 Å². The first kappa shape index (κ1) is 25.7. The largest absolute Gasteiger partial charge is 0.426 e. The molecule has 2 fully saturated rings. The number of ether oxygens (including phenoxy) is 1. The van der Waals surface area contributed by atoms with Crippen LogP contribution >= 0.6 is 0 Å². The molecule has 0 saturated carbocycles. The van der Waals surface area contributed by atoms with Crippen LogP contribution in [0.25, 0.3) is 0 Å². The van der Waals surface area contributed by atoms with Crippen molar-refractivity contribution in [1.29, 1.82) is 0 Å². The van der Waals surface area contributed by atoms with Crippen molar-refractivity contribution < 1.29 is 23.9 Å². The van der Waals surface area contributed by atoms with Gasteiger partial charge < -0.3 is 9.64 Å². The number of esters is 1. The molecule has 2 aliphatic heterocycles. The summed E-state index contributed by atoms with van der Waals surface area (Å²) in [6.07, 6.45) is 0.0813. The molecule has 0 radical (unpaired) electrons. The van der Waals surface area contributed by atoms with Gasteiger partial charge in [0.1, 0.15) is 5.75 Å². The summed E-state index contributed by atoms with van der Waals surface area (Å²) in [5.41, 5.74) is 6.74. The van der Waals surface area contributed by atoms with Crippen LogP contribution in [0.3, 0.4) is 0 Å². The average molecular weight is 569 g/mol. The van der Waals surface area contributed by atoms with Crippen molar-refractivity contribution in [3.05, 3.63) is 125 Å². The van der Waals surface area contributed by atoms with Crippen molar-refractivity contribution in [2.45, 2.75) is 25.2 Å². The van der Waals surface area contributed by atoms with Gasteiger partial charge in [0, 0.05) is 30.5 Å². The highest BCUT2D eigenvalue weighted by molar-refractivity contribution is 6.23. The van der Waals surface area contributed by atoms with Gasteiger partial charge in [-0.15, -0.1) is 0 Å². The van der Waals surface area contributed by atoms with Gasteiger partial charge >= 0.3 is 5.97 Å². The average Bonchev–Trinajstić information content (AvgIpc) is 3.54. The molecule has 5 aliphatic rings. The van der Waals surface area contributed by atoms with Crippen LogP contribution in [0.5, 0.6) is 5.75 Å². The van der Waals surface area contributed by atoms with Gasteiger partial charge in [-0.3, -0.25) is 19.2 Å². The maximum Gasteiger partial charge on any atom is 0.316 e. The van der Waals surface area contributed by atoms with E-state index in [1.54, 1.807) is 29.2 Å². The second-order valence-electron chi connectivity index (χ2n) is 11.9. The Morgan fingerprint density at radius 2 is 1.21 bits per heavy atom. The standard InChI is InChI=1S/C36H28N2O5/c1-20-8-2-7-13-28(20)37-19-21(18-29(37)39)36(42)43-23-16-14-22(15-17-23)38-34(40)32-30-24-9-3-4-10-25(24)31(33(32)35(38)41)27-12-6-5-11-26(27)30/h2-17,21,30-33H,18-19H2,1H3/t21-,30?,31?,32-,33-/m1/s1. The number of amides is 3. The minimum atomic E-state index is -0.588. The van der Waals surface area contributed by atoms with E-state index in [0.717, 1.165) is 33.5 Å². The molecule has 0 N–H and O–H groups in total. The SMILES string of the molecule is Cc1ccccc1N1C[C@H](C(=O)Oc2ccc(N3C(=O)[C@@H]4C5c6ccccc6C(c6ccccc65)[C@H]4C3=O)cc2)CC1=O. The third-order valence-electron chi connectivity index (χ3n) is 9.63. The molecule has 3 amide bonds. The number of nitrogens with zero attached hydrogens (tertiary/aromatic N) is 2. The Labute approximate surface area is 248 Å². The predicted molar refractivity (Wildman–Crippen MR) is 160 cm³/mol. The highest BCUT2D eigenvalue weighted by atomic mass is 16.5. The minimum absolute atomic E-state index is 0.0813. The lowest BCUT2D eigenvalue weighted by atomic mass is 9.55. The second kappa shape index (κ2) is 9.49. The number of carbonyl (C=O) groups is 4. The summed E-state index contributed by atoms with van der Waals surface area (Å²) in [7, 11) is 0. The maximum absolute atomic E-state index is 14.0. The Morgan fingerprint density at radius 1 is 0.698 bits per heavy atom. The predicted octanol–water partition coefficient (Wildman–Crippen LogP) is 5.35. The van der Waals surface area contributed by atoms with Gasteiger partial charge in [0.25, 0.3) is 0 Å². The van der Waals surface area contributed by atoms with Gasteiger partial charge in [0.2, 0.25) is 17.7 Å². The van der Waals surface area contributed by atoms with Crippen molar-refractivity contribution in [3.63, 3.8) is 0 Å². The Balaban J connectivity index is 1.02. The lowest BCUT2D eigenvalue weighted by Gasteiger charge is -2.45. The fourth-order valence-electron chi connectivity index (χ4n) is 7.76. The van der Waals surface area contributed by atoms with Gasteiger partial charge in [-0.05, 0) is 65.1 Å². The summed E-state index contributed by atoms with van der Waals surface area (Å²) >= 11 is 0. The molecule has 43 heavy (non-hydrogen) atoms. The zero-order valence-electron chi connectivity index (χ0n) is 23.5. The number of anilines is 2. The van der Waals surface area contributed by atoms with Crippen molar-refractivity contribution in [2.24, 2.45) is 17.8 Å². The van der Waals surface area contributed by atoms with E-state index in [0.29, 0.717) is 11.4 Å². The number of hydrogen-bond acceptors (Lipinski definition) is 5. The zero-order chi connectivity index (χ0) is 29.4. The molecule has 7 nitrogen and oxygen atoms in total. The molecule has 4 aromatic rings. The third kappa shape index (κ3) is 3.74. The molecule has 2 heterocycles. The summed E-state index contributed by atoms with van der Waals surface area (Å²) in [5, 5.41) is 0. The van der Waals surface area contributed by atoms with Crippen LogP contribution in [-0.2, 0) is 19.2 Å². The van der Waals surface area contributed by atoms with Crippen molar-refractivity contribution in [3.8, 4) is 5.75 Å². The van der Waals surface area contributed by atoms with Crippen LogP contribution in [0.2, 0.25) is 0 Å². The first-order chi connectivity index (χ1) is 20.9. The van der Waals surface area contributed by atoms with Crippen molar-refractivity contribution in [1.82, 2.24) is 0 Å². The molecule has 9 rings (SSSR count). The monoisotopic (exact) mass is 568 g/mol. The van der Waals surface area contributed by atoms with Crippen molar-refractivity contribution in [2.75, 3.05) is 16.3 Å². The number of imide groups is 1. The molecule has 4 aromatic carbocycles. The molecular weight excluding hydrogens is 540 g/mol. The van der Waals surface area contributed by atoms with E-state index < -0.39 is 23.7 Å². The van der Waals surface area contributed by atoms with Crippen LogP contribution in [0, 0.1) is 24.7 Å². The molecule has 7 heteroatoms. The smallest absolute Gasteiger partial charge is 0.316 e. The van der Waals surface area contributed by atoms with Crippen LogP contribution in [0.1, 0.15) is 46.1 Å². The third-order valence-corrected chi connectivity index (χ3v) is 9.63. The van der Waals surface area contributed by atoms with E-state index in [2.05, 4.69) is 24.3 Å². The lowest BCUT2D eigenvalue weighted by molar-refractivity contribution is -0.139. The molecule has 2 saturated heterocycles. The summed E-state index contributed by atoms with van der Waals surface area (Å²) in [5.74, 6) is -2.54. The number of para-hydroxylation sites is 1. The molecule has 2 bridgehead atoms. The lowest BCUT2D eigenvalue weighted by Crippen LogP contribution is -2.41. The van der Waals surface area contributed by atoms with E-state index in [1.165, 1.54) is 4.90 Å². The molecule has 0 aromatic heterocycles. The van der Waals surface area contributed by atoms with Gasteiger partial charge in [-0.25, -0.2) is 4.90 Å². The fourth-order valence-corrected chi connectivity index (χ4v) is 7.76. The first-order valence-corrected chi connectivity index (χ1v) is 14.7. The summed E-state index contributed by atoms with van der Waals surface area (Å²) < 4.78 is 5.65.